The van der Waals surface area contributed by atoms with E-state index < -0.39 is 5.56 Å². The van der Waals surface area contributed by atoms with Gasteiger partial charge in [0.15, 0.2) is 5.82 Å². The zero-order chi connectivity index (χ0) is 26.7. The summed E-state index contributed by atoms with van der Waals surface area (Å²) in [4.78, 5) is 32.9. The maximum Gasteiger partial charge on any atom is 0.294 e. The molecule has 1 aromatic heterocycles. The van der Waals surface area contributed by atoms with Crippen LogP contribution in [-0.2, 0) is 24.3 Å². The third kappa shape index (κ3) is 7.82. The second-order valence-electron chi connectivity index (χ2n) is 9.54. The molecule has 1 aliphatic rings. The van der Waals surface area contributed by atoms with Crippen molar-refractivity contribution in [1.82, 2.24) is 19.8 Å². The van der Waals surface area contributed by atoms with Crippen molar-refractivity contribution in [3.8, 4) is 5.75 Å². The Hall–Kier alpha value is -3.36. The third-order valence-electron chi connectivity index (χ3n) is 6.72. The SMILES string of the molecule is CCN1CCCCCOc2ccccc2CNC(=O)Cn2c(Cl)cnc(c2=O)N[C@@H](Cc2ccccc2)C1. The van der Waals surface area contributed by atoms with Gasteiger partial charge in [-0.2, -0.15) is 0 Å². The summed E-state index contributed by atoms with van der Waals surface area (Å²) < 4.78 is 7.29. The number of likely N-dealkylation sites (N-methyl/N-ethyl adjacent to an activating group) is 1. The van der Waals surface area contributed by atoms with Gasteiger partial charge in [-0.05, 0) is 50.4 Å². The number of rotatable bonds is 3. The van der Waals surface area contributed by atoms with Crippen molar-refractivity contribution in [1.29, 1.82) is 0 Å². The number of amides is 1. The normalized spacial score (nSPS) is 18.1. The lowest BCUT2D eigenvalue weighted by molar-refractivity contribution is -0.121. The number of aromatic nitrogens is 2. The highest BCUT2D eigenvalue weighted by atomic mass is 35.5. The summed E-state index contributed by atoms with van der Waals surface area (Å²) in [6.45, 7) is 5.47. The highest BCUT2D eigenvalue weighted by Gasteiger charge is 2.19. The topological polar surface area (TPSA) is 88.5 Å². The fraction of sp³-hybridized carbons (Fsp3) is 0.414. The van der Waals surface area contributed by atoms with Crippen molar-refractivity contribution in [3.63, 3.8) is 0 Å². The smallest absolute Gasteiger partial charge is 0.294 e. The predicted octanol–water partition coefficient (Wildman–Crippen LogP) is 4.12. The second kappa shape index (κ2) is 14.0. The maximum absolute atomic E-state index is 13.4. The minimum absolute atomic E-state index is 0.0547. The Kier molecular flexibility index (Phi) is 10.2. The lowest BCUT2D eigenvalue weighted by atomic mass is 10.1. The van der Waals surface area contributed by atoms with Gasteiger partial charge in [0.1, 0.15) is 17.4 Å². The molecule has 2 bridgehead atoms. The zero-order valence-electron chi connectivity index (χ0n) is 21.9. The van der Waals surface area contributed by atoms with Gasteiger partial charge < -0.3 is 20.3 Å². The highest BCUT2D eigenvalue weighted by Crippen LogP contribution is 2.19. The van der Waals surface area contributed by atoms with Crippen LogP contribution >= 0.6 is 11.6 Å². The largest absolute Gasteiger partial charge is 0.493 e. The van der Waals surface area contributed by atoms with Crippen molar-refractivity contribution in [3.05, 3.63) is 87.4 Å². The molecule has 4 rings (SSSR count). The molecule has 0 saturated heterocycles. The number of nitrogens with zero attached hydrogens (tertiary/aromatic N) is 3. The number of hydrogen-bond donors (Lipinski definition) is 2. The molecular formula is C29H36ClN5O3. The molecule has 0 fully saturated rings. The first kappa shape index (κ1) is 27.7. The van der Waals surface area contributed by atoms with Crippen LogP contribution in [0.15, 0.2) is 65.6 Å². The van der Waals surface area contributed by atoms with Crippen molar-refractivity contribution in [2.75, 3.05) is 31.6 Å². The van der Waals surface area contributed by atoms with E-state index in [0.717, 1.165) is 56.6 Å². The average molecular weight is 538 g/mol. The van der Waals surface area contributed by atoms with E-state index in [0.29, 0.717) is 13.2 Å². The Balaban J connectivity index is 1.60. The molecule has 1 aliphatic heterocycles. The molecule has 0 radical (unpaired) electrons. The molecule has 3 aromatic rings. The Morgan fingerprint density at radius 2 is 1.84 bits per heavy atom. The van der Waals surface area contributed by atoms with E-state index in [9.17, 15) is 9.59 Å². The van der Waals surface area contributed by atoms with E-state index in [1.54, 1.807) is 0 Å². The minimum atomic E-state index is -0.421. The molecule has 2 N–H and O–H groups in total. The van der Waals surface area contributed by atoms with E-state index in [1.807, 2.05) is 42.5 Å². The Morgan fingerprint density at radius 1 is 1.05 bits per heavy atom. The molecule has 8 nitrogen and oxygen atoms in total. The first-order valence-corrected chi connectivity index (χ1v) is 13.7. The van der Waals surface area contributed by atoms with E-state index in [-0.39, 0.29) is 29.5 Å². The molecule has 1 atom stereocenters. The lowest BCUT2D eigenvalue weighted by Gasteiger charge is -2.28. The van der Waals surface area contributed by atoms with Crippen LogP contribution in [0.25, 0.3) is 0 Å². The van der Waals surface area contributed by atoms with Crippen LogP contribution in [0.1, 0.15) is 37.3 Å². The summed E-state index contributed by atoms with van der Waals surface area (Å²) >= 11 is 6.31. The van der Waals surface area contributed by atoms with Gasteiger partial charge in [0.2, 0.25) is 5.91 Å². The van der Waals surface area contributed by atoms with Crippen LogP contribution in [0.3, 0.4) is 0 Å². The molecule has 2 heterocycles. The van der Waals surface area contributed by atoms with Gasteiger partial charge in [-0.25, -0.2) is 4.98 Å². The molecule has 1 amide bonds. The number of halogens is 1. The van der Waals surface area contributed by atoms with Gasteiger partial charge in [0.25, 0.3) is 5.56 Å². The van der Waals surface area contributed by atoms with Gasteiger partial charge in [0.05, 0.1) is 12.8 Å². The Bertz CT molecular complexity index is 1250. The second-order valence-corrected chi connectivity index (χ2v) is 9.93. The molecule has 0 aliphatic carbocycles. The van der Waals surface area contributed by atoms with Crippen LogP contribution in [0.2, 0.25) is 5.15 Å². The summed E-state index contributed by atoms with van der Waals surface area (Å²) in [6.07, 6.45) is 5.21. The van der Waals surface area contributed by atoms with Gasteiger partial charge in [-0.15, -0.1) is 0 Å². The Morgan fingerprint density at radius 3 is 2.66 bits per heavy atom. The number of carbonyl (C=O) groups is 1. The standard InChI is InChI=1S/C29H36ClN5O3/c1-2-34-15-9-4-10-16-38-25-14-8-7-13-23(25)18-31-27(36)21-35-26(30)19-32-28(29(35)37)33-24(20-34)17-22-11-5-3-6-12-22/h3,5-8,11-14,19,24H,2,4,9-10,15-18,20-21H2,1H3,(H,31,36)(H,32,33)/t24-/m0/s1. The average Bonchev–Trinajstić information content (AvgIpc) is 2.93. The van der Waals surface area contributed by atoms with E-state index >= 15 is 0 Å². The summed E-state index contributed by atoms with van der Waals surface area (Å²) in [5, 5.41) is 6.37. The van der Waals surface area contributed by atoms with Crippen molar-refractivity contribution in [2.24, 2.45) is 0 Å². The molecule has 0 spiro atoms. The van der Waals surface area contributed by atoms with E-state index in [2.05, 4.69) is 39.6 Å². The molecule has 0 unspecified atom stereocenters. The van der Waals surface area contributed by atoms with Gasteiger partial charge in [-0.3, -0.25) is 14.2 Å². The van der Waals surface area contributed by atoms with Crippen LogP contribution in [0.4, 0.5) is 5.82 Å². The van der Waals surface area contributed by atoms with E-state index in [1.165, 1.54) is 16.3 Å². The number of carbonyl (C=O) groups excluding carboxylic acids is 1. The highest BCUT2D eigenvalue weighted by molar-refractivity contribution is 6.29. The van der Waals surface area contributed by atoms with Crippen LogP contribution in [-0.4, -0.2) is 52.6 Å². The quantitative estimate of drug-likeness (QED) is 0.522. The monoisotopic (exact) mass is 537 g/mol. The fourth-order valence-corrected chi connectivity index (χ4v) is 4.82. The summed E-state index contributed by atoms with van der Waals surface area (Å²) in [6, 6.07) is 17.8. The van der Waals surface area contributed by atoms with Gasteiger partial charge >= 0.3 is 0 Å². The molecule has 202 valence electrons. The fourth-order valence-electron chi connectivity index (χ4n) is 4.64. The van der Waals surface area contributed by atoms with Crippen LogP contribution < -0.4 is 20.9 Å². The minimum Gasteiger partial charge on any atom is -0.493 e. The number of anilines is 1. The molecule has 0 saturated carbocycles. The summed E-state index contributed by atoms with van der Waals surface area (Å²) in [5.41, 5.74) is 1.63. The van der Waals surface area contributed by atoms with Gasteiger partial charge in [0, 0.05) is 24.7 Å². The van der Waals surface area contributed by atoms with Crippen LogP contribution in [0.5, 0.6) is 5.75 Å². The lowest BCUT2D eigenvalue weighted by Crippen LogP contribution is -2.41. The first-order chi connectivity index (χ1) is 18.5. The molecular weight excluding hydrogens is 502 g/mol. The predicted molar refractivity (Wildman–Crippen MR) is 151 cm³/mol. The summed E-state index contributed by atoms with van der Waals surface area (Å²) in [5.74, 6) is 0.628. The zero-order valence-corrected chi connectivity index (χ0v) is 22.6. The number of ether oxygens (including phenoxy) is 1. The van der Waals surface area contributed by atoms with Crippen molar-refractivity contribution >= 4 is 23.3 Å². The third-order valence-corrected chi connectivity index (χ3v) is 7.03. The number of para-hydroxylation sites is 1. The Labute approximate surface area is 229 Å². The number of hydrogen-bond acceptors (Lipinski definition) is 6. The maximum atomic E-state index is 13.4. The van der Waals surface area contributed by atoms with Crippen molar-refractivity contribution in [2.45, 2.75) is 51.7 Å². The summed E-state index contributed by atoms with van der Waals surface area (Å²) in [7, 11) is 0. The number of benzene rings is 2. The molecule has 9 heteroatoms. The molecule has 2 aromatic carbocycles. The van der Waals surface area contributed by atoms with E-state index in [4.69, 9.17) is 16.3 Å². The first-order valence-electron chi connectivity index (χ1n) is 13.3. The van der Waals surface area contributed by atoms with Crippen molar-refractivity contribution < 1.29 is 9.53 Å². The van der Waals surface area contributed by atoms with Crippen LogP contribution in [0, 0.1) is 0 Å². The molecule has 38 heavy (non-hydrogen) atoms. The van der Waals surface area contributed by atoms with Gasteiger partial charge in [-0.1, -0.05) is 67.1 Å². The number of fused-ring (bicyclic) bond motifs is 3. The number of nitrogens with one attached hydrogen (secondary N) is 2.